The van der Waals surface area contributed by atoms with Gasteiger partial charge in [0.2, 0.25) is 6.41 Å². The molecule has 1 fully saturated rings. The Morgan fingerprint density at radius 1 is 1.14 bits per heavy atom. The molecule has 1 saturated carbocycles. The molecular weight excluding hydrogens is 618 g/mol. The molecule has 2 N–H and O–H groups in total. The number of methoxy groups -OCH3 is 1. The molecule has 0 saturated heterocycles. The number of hydrogen-bond acceptors (Lipinski definition) is 7. The highest BCUT2D eigenvalue weighted by molar-refractivity contribution is 14.2. The molecule has 0 radical (unpaired) electrons. The number of rotatable bonds is 7. The summed E-state index contributed by atoms with van der Waals surface area (Å²) in [7, 11) is 1.64. The standard InChI is InChI=1S/C20H20IN6O2PS.C4H8.C2H6/c1-10-11(2)31-20(23-10)13-5-6-14(16(7-13)29-4)25-15-8-17(22-9-28)26-19-18(15)24-12(3)27(19)30-21;1-4-2-3-4;1-2/h5-9,30H,1-4H3,(H2,22,25,26,28);4H,2-3H2,1H3;1-2H3. The summed E-state index contributed by atoms with van der Waals surface area (Å²) >= 11 is 3.96. The van der Waals surface area contributed by atoms with Crippen molar-refractivity contribution in [2.45, 2.75) is 54.4 Å². The van der Waals surface area contributed by atoms with Gasteiger partial charge in [-0.3, -0.25) is 9.13 Å². The normalized spacial score (nSPS) is 12.5. The number of fused-ring (bicyclic) bond motifs is 1. The second kappa shape index (κ2) is 13.5. The van der Waals surface area contributed by atoms with E-state index in [-0.39, 0.29) is 0 Å². The first-order valence-corrected chi connectivity index (χ1v) is 17.1. The molecule has 0 bridgehead atoms. The highest BCUT2D eigenvalue weighted by Crippen LogP contribution is 2.38. The van der Waals surface area contributed by atoms with Crippen molar-refractivity contribution in [1.82, 2.24) is 19.3 Å². The quantitative estimate of drug-likeness (QED) is 0.119. The third-order valence-corrected chi connectivity index (χ3v) is 8.96. The molecule has 198 valence electrons. The molecule has 0 spiro atoms. The highest BCUT2D eigenvalue weighted by atomic mass is 127. The maximum atomic E-state index is 11.0. The van der Waals surface area contributed by atoms with Gasteiger partial charge in [0.1, 0.15) is 27.9 Å². The van der Waals surface area contributed by atoms with E-state index in [1.165, 1.54) is 17.7 Å². The van der Waals surface area contributed by atoms with Crippen molar-refractivity contribution < 1.29 is 9.53 Å². The van der Waals surface area contributed by atoms with Crippen LogP contribution >= 0.6 is 39.8 Å². The van der Waals surface area contributed by atoms with Crippen molar-refractivity contribution in [2.24, 2.45) is 5.92 Å². The molecule has 1 aliphatic rings. The van der Waals surface area contributed by atoms with E-state index >= 15 is 0 Å². The van der Waals surface area contributed by atoms with Gasteiger partial charge in [0, 0.05) is 16.5 Å². The summed E-state index contributed by atoms with van der Waals surface area (Å²) in [6.45, 7) is 12.3. The van der Waals surface area contributed by atoms with Crippen molar-refractivity contribution in [3.05, 3.63) is 40.7 Å². The zero-order valence-corrected chi connectivity index (χ0v) is 26.2. The smallest absolute Gasteiger partial charge is 0.212 e. The first-order chi connectivity index (χ1) is 17.8. The summed E-state index contributed by atoms with van der Waals surface area (Å²) in [5.41, 5.74) is 5.00. The Morgan fingerprint density at radius 3 is 2.38 bits per heavy atom. The predicted octanol–water partition coefficient (Wildman–Crippen LogP) is 8.03. The minimum absolute atomic E-state index is 0.438. The first kappa shape index (κ1) is 29.3. The fourth-order valence-corrected chi connectivity index (χ4v) is 6.37. The van der Waals surface area contributed by atoms with E-state index in [4.69, 9.17) is 4.74 Å². The lowest BCUT2D eigenvalue weighted by Crippen LogP contribution is -2.01. The van der Waals surface area contributed by atoms with Gasteiger partial charge in [0.05, 0.1) is 30.6 Å². The number of imidazole rings is 1. The lowest BCUT2D eigenvalue weighted by atomic mass is 10.2. The zero-order chi connectivity index (χ0) is 27.1. The molecule has 8 nitrogen and oxygen atoms in total. The van der Waals surface area contributed by atoms with Crippen molar-refractivity contribution in [2.75, 3.05) is 17.7 Å². The predicted molar refractivity (Wildman–Crippen MR) is 166 cm³/mol. The number of benzene rings is 1. The maximum Gasteiger partial charge on any atom is 0.212 e. The Balaban J connectivity index is 0.000000567. The van der Waals surface area contributed by atoms with Crippen molar-refractivity contribution in [1.29, 1.82) is 0 Å². The van der Waals surface area contributed by atoms with E-state index in [9.17, 15) is 4.79 Å². The van der Waals surface area contributed by atoms with Crippen LogP contribution in [0.2, 0.25) is 0 Å². The van der Waals surface area contributed by atoms with Crippen LogP contribution in [0, 0.1) is 26.7 Å². The van der Waals surface area contributed by atoms with E-state index < -0.39 is 0 Å². The number of nitrogens with zero attached hydrogens (tertiary/aromatic N) is 4. The average Bonchev–Trinajstić information content (AvgIpc) is 3.51. The number of anilines is 3. The van der Waals surface area contributed by atoms with Gasteiger partial charge in [0.15, 0.2) is 5.65 Å². The SMILES string of the molecule is CC.CC1CC1.COc1cc(-c2nc(C)c(C)s2)ccc1Nc1cc(NC=O)nc2c1nc(C)n2PI. The molecule has 1 aromatic carbocycles. The van der Waals surface area contributed by atoms with Gasteiger partial charge in [-0.1, -0.05) is 33.6 Å². The summed E-state index contributed by atoms with van der Waals surface area (Å²) < 4.78 is 7.68. The molecule has 0 aliphatic heterocycles. The largest absolute Gasteiger partial charge is 0.495 e. The number of carbonyl (C=O) groups excluding carboxylic acids is 1. The van der Waals surface area contributed by atoms with Crippen LogP contribution in [-0.4, -0.2) is 32.8 Å². The summed E-state index contributed by atoms with van der Waals surface area (Å²) in [5.74, 6) is 3.08. The molecule has 1 atom stereocenters. The number of nitrogens with one attached hydrogen (secondary N) is 2. The Labute approximate surface area is 237 Å². The Kier molecular flexibility index (Phi) is 10.7. The van der Waals surface area contributed by atoms with Crippen LogP contribution in [0.4, 0.5) is 17.2 Å². The van der Waals surface area contributed by atoms with Crippen LogP contribution in [0.3, 0.4) is 0 Å². The van der Waals surface area contributed by atoms with Crippen molar-refractivity contribution in [3.8, 4) is 16.3 Å². The lowest BCUT2D eigenvalue weighted by Gasteiger charge is -2.13. The van der Waals surface area contributed by atoms with Crippen LogP contribution in [0.5, 0.6) is 5.75 Å². The molecule has 3 heterocycles. The minimum Gasteiger partial charge on any atom is -0.495 e. The molecule has 4 aromatic rings. The summed E-state index contributed by atoms with van der Waals surface area (Å²) in [4.78, 5) is 26.1. The Bertz CT molecular complexity index is 1350. The minimum atomic E-state index is 0.438. The molecule has 1 amide bonds. The van der Waals surface area contributed by atoms with E-state index in [2.05, 4.69) is 61.5 Å². The molecule has 37 heavy (non-hydrogen) atoms. The number of amides is 1. The third-order valence-electron chi connectivity index (χ3n) is 5.69. The number of carbonyl (C=O) groups is 1. The zero-order valence-electron chi connectivity index (χ0n) is 22.3. The van der Waals surface area contributed by atoms with Crippen LogP contribution in [0.15, 0.2) is 24.3 Å². The summed E-state index contributed by atoms with van der Waals surface area (Å²) in [5, 5.41) is 7.01. The van der Waals surface area contributed by atoms with Gasteiger partial charge >= 0.3 is 0 Å². The number of pyridine rings is 1. The van der Waals surface area contributed by atoms with E-state index in [0.717, 1.165) is 44.9 Å². The van der Waals surface area contributed by atoms with Gasteiger partial charge in [-0.25, -0.2) is 15.0 Å². The van der Waals surface area contributed by atoms with Crippen molar-refractivity contribution in [3.63, 3.8) is 0 Å². The van der Waals surface area contributed by atoms with Crippen LogP contribution < -0.4 is 15.4 Å². The van der Waals surface area contributed by atoms with E-state index in [1.807, 2.05) is 50.2 Å². The fourth-order valence-electron chi connectivity index (χ4n) is 3.32. The molecule has 1 unspecified atom stereocenters. The highest BCUT2D eigenvalue weighted by Gasteiger charge is 2.17. The number of halogens is 1. The van der Waals surface area contributed by atoms with Gasteiger partial charge in [-0.2, -0.15) is 0 Å². The molecule has 3 aromatic heterocycles. The number of ether oxygens (including phenoxy) is 1. The fraction of sp³-hybridized carbons (Fsp3) is 0.385. The van der Waals surface area contributed by atoms with Crippen LogP contribution in [-0.2, 0) is 4.79 Å². The molecule has 11 heteroatoms. The second-order valence-electron chi connectivity index (χ2n) is 8.45. The van der Waals surface area contributed by atoms with Crippen LogP contribution in [0.1, 0.15) is 50.0 Å². The summed E-state index contributed by atoms with van der Waals surface area (Å²) in [6, 6.07) is 7.72. The van der Waals surface area contributed by atoms with Gasteiger partial charge in [-0.05, 0) is 66.9 Å². The first-order valence-electron chi connectivity index (χ1n) is 12.2. The van der Waals surface area contributed by atoms with E-state index in [1.54, 1.807) is 24.5 Å². The number of aryl methyl sites for hydroxylation is 3. The average molecular weight is 653 g/mol. The molecular formula is C26H34IN6O2PS. The van der Waals surface area contributed by atoms with E-state index in [0.29, 0.717) is 30.0 Å². The van der Waals surface area contributed by atoms with Crippen LogP contribution in [0.25, 0.3) is 21.7 Å². The number of hydrogen-bond donors (Lipinski definition) is 2. The lowest BCUT2D eigenvalue weighted by molar-refractivity contribution is -0.105. The topological polar surface area (TPSA) is 94.0 Å². The molecule has 1 aliphatic carbocycles. The second-order valence-corrected chi connectivity index (χ2v) is 11.7. The molecule has 5 rings (SSSR count). The maximum absolute atomic E-state index is 11.0. The Morgan fingerprint density at radius 2 is 1.84 bits per heavy atom. The third kappa shape index (κ3) is 7.18. The number of thiazole rings is 1. The van der Waals surface area contributed by atoms with Gasteiger partial charge < -0.3 is 15.4 Å². The van der Waals surface area contributed by atoms with Gasteiger partial charge in [-0.15, -0.1) is 11.3 Å². The Hall–Kier alpha value is -2.30. The number of aromatic nitrogens is 4. The van der Waals surface area contributed by atoms with Crippen molar-refractivity contribution >= 4 is 74.5 Å². The summed E-state index contributed by atoms with van der Waals surface area (Å²) in [6.07, 6.45) is 4.03. The monoisotopic (exact) mass is 652 g/mol. The van der Waals surface area contributed by atoms with Gasteiger partial charge in [0.25, 0.3) is 0 Å².